The van der Waals surface area contributed by atoms with Crippen LogP contribution in [0.2, 0.25) is 0 Å². The van der Waals surface area contributed by atoms with E-state index in [2.05, 4.69) is 17.1 Å². The zero-order valence-corrected chi connectivity index (χ0v) is 15.0. The first-order valence-electron chi connectivity index (χ1n) is 9.22. The van der Waals surface area contributed by atoms with E-state index in [0.29, 0.717) is 0 Å². The summed E-state index contributed by atoms with van der Waals surface area (Å²) in [6.07, 6.45) is 9.17. The highest BCUT2D eigenvalue weighted by Gasteiger charge is 2.59. The fourth-order valence-electron chi connectivity index (χ4n) is 4.86. The van der Waals surface area contributed by atoms with Gasteiger partial charge in [-0.3, -0.25) is 24.3 Å². The molecule has 4 rings (SSSR count). The number of aromatic nitrogens is 1. The SMILES string of the molecule is CC[C@H](c1ccncc1)N(C)C(=O)CN1C(=O)[C@@H]2[C@H](C1=O)[C@H]1C=C[C@H]2C1. The second-order valence-electron chi connectivity index (χ2n) is 7.47. The van der Waals surface area contributed by atoms with Crippen LogP contribution in [0.15, 0.2) is 36.7 Å². The van der Waals surface area contributed by atoms with Gasteiger partial charge in [-0.2, -0.15) is 0 Å². The highest BCUT2D eigenvalue weighted by molar-refractivity contribution is 6.08. The average Bonchev–Trinajstić information content (AvgIpc) is 3.33. The van der Waals surface area contributed by atoms with Crippen molar-refractivity contribution >= 4 is 17.7 Å². The molecule has 0 unspecified atom stereocenters. The molecule has 0 spiro atoms. The van der Waals surface area contributed by atoms with Gasteiger partial charge in [0, 0.05) is 19.4 Å². The Balaban J connectivity index is 1.48. The molecule has 1 saturated carbocycles. The molecule has 3 aliphatic rings. The molecule has 6 heteroatoms. The van der Waals surface area contributed by atoms with Gasteiger partial charge in [0.2, 0.25) is 17.7 Å². The maximum absolute atomic E-state index is 12.8. The molecule has 136 valence electrons. The van der Waals surface area contributed by atoms with E-state index in [1.54, 1.807) is 24.3 Å². The molecule has 1 aliphatic heterocycles. The van der Waals surface area contributed by atoms with Crippen LogP contribution in [-0.2, 0) is 14.4 Å². The zero-order chi connectivity index (χ0) is 18.4. The standard InChI is InChI=1S/C20H23N3O3/c1-3-15(12-6-8-21-9-7-12)22(2)16(24)11-23-19(25)17-13-4-5-14(10-13)18(17)20(23)26/h4-9,13-15,17-18H,3,10-11H2,1-2H3/t13-,14-,15+,17-,18+/m0/s1. The fraction of sp³-hybridized carbons (Fsp3) is 0.500. The minimum atomic E-state index is -0.252. The summed E-state index contributed by atoms with van der Waals surface area (Å²) >= 11 is 0. The van der Waals surface area contributed by atoms with Crippen LogP contribution in [-0.4, -0.2) is 46.1 Å². The van der Waals surface area contributed by atoms with Crippen LogP contribution in [0, 0.1) is 23.7 Å². The van der Waals surface area contributed by atoms with Gasteiger partial charge < -0.3 is 4.90 Å². The van der Waals surface area contributed by atoms with Gasteiger partial charge in [0.15, 0.2) is 0 Å². The lowest BCUT2D eigenvalue weighted by Crippen LogP contribution is -2.43. The molecule has 0 aromatic carbocycles. The Kier molecular flexibility index (Phi) is 4.13. The lowest BCUT2D eigenvalue weighted by atomic mass is 9.85. The number of allylic oxidation sites excluding steroid dienone is 2. The summed E-state index contributed by atoms with van der Waals surface area (Å²) in [4.78, 5) is 45.1. The normalized spacial score (nSPS) is 30.0. The largest absolute Gasteiger partial charge is 0.337 e. The molecule has 2 heterocycles. The van der Waals surface area contributed by atoms with Crippen molar-refractivity contribution in [2.24, 2.45) is 23.7 Å². The minimum Gasteiger partial charge on any atom is -0.337 e. The van der Waals surface area contributed by atoms with E-state index in [1.165, 1.54) is 4.90 Å². The van der Waals surface area contributed by atoms with Crippen molar-refractivity contribution in [1.82, 2.24) is 14.8 Å². The highest BCUT2D eigenvalue weighted by atomic mass is 16.2. The summed E-state index contributed by atoms with van der Waals surface area (Å²) in [5.74, 6) is -0.726. The highest BCUT2D eigenvalue weighted by Crippen LogP contribution is 2.52. The molecule has 1 aromatic rings. The van der Waals surface area contributed by atoms with Gasteiger partial charge in [0.1, 0.15) is 6.54 Å². The molecule has 2 aliphatic carbocycles. The topological polar surface area (TPSA) is 70.6 Å². The fourth-order valence-corrected chi connectivity index (χ4v) is 4.86. The van der Waals surface area contributed by atoms with Crippen molar-refractivity contribution in [3.63, 3.8) is 0 Å². The average molecular weight is 353 g/mol. The van der Waals surface area contributed by atoms with E-state index in [9.17, 15) is 14.4 Å². The number of pyridine rings is 1. The molecule has 26 heavy (non-hydrogen) atoms. The molecule has 1 saturated heterocycles. The van der Waals surface area contributed by atoms with E-state index in [-0.39, 0.29) is 54.0 Å². The Morgan fingerprint density at radius 1 is 1.19 bits per heavy atom. The van der Waals surface area contributed by atoms with Crippen molar-refractivity contribution in [3.8, 4) is 0 Å². The van der Waals surface area contributed by atoms with Crippen molar-refractivity contribution < 1.29 is 14.4 Å². The predicted octanol–water partition coefficient (Wildman–Crippen LogP) is 1.80. The van der Waals surface area contributed by atoms with Crippen LogP contribution < -0.4 is 0 Å². The van der Waals surface area contributed by atoms with Gasteiger partial charge in [0.05, 0.1) is 17.9 Å². The molecule has 0 radical (unpaired) electrons. The lowest BCUT2D eigenvalue weighted by molar-refractivity contribution is -0.147. The van der Waals surface area contributed by atoms with Crippen LogP contribution in [0.1, 0.15) is 31.4 Å². The van der Waals surface area contributed by atoms with Gasteiger partial charge in [-0.05, 0) is 42.4 Å². The maximum atomic E-state index is 12.8. The number of likely N-dealkylation sites (N-methyl/N-ethyl adjacent to an activating group) is 1. The summed E-state index contributed by atoms with van der Waals surface area (Å²) in [7, 11) is 1.73. The molecule has 5 atom stereocenters. The van der Waals surface area contributed by atoms with Crippen molar-refractivity contribution in [1.29, 1.82) is 0 Å². The summed E-state index contributed by atoms with van der Waals surface area (Å²) in [5.41, 5.74) is 0.997. The van der Waals surface area contributed by atoms with Crippen LogP contribution in [0.5, 0.6) is 0 Å². The first-order chi connectivity index (χ1) is 12.5. The van der Waals surface area contributed by atoms with E-state index in [4.69, 9.17) is 0 Å². The summed E-state index contributed by atoms with van der Waals surface area (Å²) < 4.78 is 0. The Morgan fingerprint density at radius 3 is 2.31 bits per heavy atom. The van der Waals surface area contributed by atoms with Gasteiger partial charge in [-0.25, -0.2) is 0 Å². The van der Waals surface area contributed by atoms with Crippen LogP contribution >= 0.6 is 0 Å². The Hall–Kier alpha value is -2.50. The lowest BCUT2D eigenvalue weighted by Gasteiger charge is -2.29. The third kappa shape index (κ3) is 2.47. The van der Waals surface area contributed by atoms with E-state index in [0.717, 1.165) is 18.4 Å². The van der Waals surface area contributed by atoms with E-state index in [1.807, 2.05) is 19.1 Å². The van der Waals surface area contributed by atoms with E-state index < -0.39 is 0 Å². The molecule has 2 fully saturated rings. The number of rotatable bonds is 5. The first kappa shape index (κ1) is 16.9. The molecule has 1 aromatic heterocycles. The quantitative estimate of drug-likeness (QED) is 0.598. The summed E-state index contributed by atoms with van der Waals surface area (Å²) in [6, 6.07) is 3.67. The van der Waals surface area contributed by atoms with Gasteiger partial charge in [0.25, 0.3) is 0 Å². The predicted molar refractivity (Wildman–Crippen MR) is 94.5 cm³/mol. The molecule has 6 nitrogen and oxygen atoms in total. The Morgan fingerprint density at radius 2 is 1.77 bits per heavy atom. The van der Waals surface area contributed by atoms with Crippen LogP contribution in [0.25, 0.3) is 0 Å². The number of amides is 3. The van der Waals surface area contributed by atoms with Crippen LogP contribution in [0.3, 0.4) is 0 Å². The molecule has 0 N–H and O–H groups in total. The number of likely N-dealkylation sites (tertiary alicyclic amines) is 1. The Bertz CT molecular complexity index is 746. The molecule has 3 amide bonds. The van der Waals surface area contributed by atoms with Crippen molar-refractivity contribution in [2.75, 3.05) is 13.6 Å². The zero-order valence-electron chi connectivity index (χ0n) is 15.0. The number of carbonyl (C=O) groups excluding carboxylic acids is 3. The molecule has 2 bridgehead atoms. The minimum absolute atomic E-state index is 0.101. The number of carbonyl (C=O) groups is 3. The van der Waals surface area contributed by atoms with Gasteiger partial charge in [-0.15, -0.1) is 0 Å². The number of nitrogens with zero attached hydrogens (tertiary/aromatic N) is 3. The second-order valence-corrected chi connectivity index (χ2v) is 7.47. The number of hydrogen-bond donors (Lipinski definition) is 0. The van der Waals surface area contributed by atoms with Crippen molar-refractivity contribution in [3.05, 3.63) is 42.2 Å². The third-order valence-electron chi connectivity index (χ3n) is 6.19. The monoisotopic (exact) mass is 353 g/mol. The number of hydrogen-bond acceptors (Lipinski definition) is 4. The number of fused-ring (bicyclic) bond motifs is 5. The summed E-state index contributed by atoms with van der Waals surface area (Å²) in [6.45, 7) is 1.84. The molecular weight excluding hydrogens is 330 g/mol. The van der Waals surface area contributed by atoms with Crippen LogP contribution in [0.4, 0.5) is 0 Å². The van der Waals surface area contributed by atoms with Gasteiger partial charge in [-0.1, -0.05) is 19.1 Å². The molecular formula is C20H23N3O3. The smallest absolute Gasteiger partial charge is 0.242 e. The Labute approximate surface area is 152 Å². The summed E-state index contributed by atoms with van der Waals surface area (Å²) in [5, 5.41) is 0. The maximum Gasteiger partial charge on any atom is 0.242 e. The van der Waals surface area contributed by atoms with E-state index >= 15 is 0 Å². The number of imide groups is 1. The third-order valence-corrected chi connectivity index (χ3v) is 6.19. The van der Waals surface area contributed by atoms with Gasteiger partial charge >= 0.3 is 0 Å². The van der Waals surface area contributed by atoms with Crippen molar-refractivity contribution in [2.45, 2.75) is 25.8 Å². The first-order valence-corrected chi connectivity index (χ1v) is 9.22. The second kappa shape index (κ2) is 6.34.